The summed E-state index contributed by atoms with van der Waals surface area (Å²) >= 11 is 0. The minimum atomic E-state index is 0.150. The third-order valence-corrected chi connectivity index (χ3v) is 5.43. The van der Waals surface area contributed by atoms with E-state index < -0.39 is 0 Å². The van der Waals surface area contributed by atoms with Crippen molar-refractivity contribution in [2.24, 2.45) is 11.8 Å². The first kappa shape index (κ1) is 17.4. The zero-order valence-electron chi connectivity index (χ0n) is 14.9. The number of ether oxygens (including phenoxy) is 2. The van der Waals surface area contributed by atoms with Crippen LogP contribution in [0.2, 0.25) is 0 Å². The van der Waals surface area contributed by atoms with Gasteiger partial charge in [0.25, 0.3) is 0 Å². The van der Waals surface area contributed by atoms with E-state index in [1.165, 1.54) is 11.1 Å². The number of amides is 1. The quantitative estimate of drug-likeness (QED) is 0.851. The number of aryl methyl sites for hydroxylation is 1. The maximum absolute atomic E-state index is 12.8. The highest BCUT2D eigenvalue weighted by atomic mass is 16.5. The third kappa shape index (κ3) is 4.17. The van der Waals surface area contributed by atoms with Gasteiger partial charge in [0.1, 0.15) is 0 Å². The molecule has 2 aliphatic heterocycles. The van der Waals surface area contributed by atoms with Crippen LogP contribution >= 0.6 is 0 Å². The van der Waals surface area contributed by atoms with Crippen LogP contribution in [-0.2, 0) is 20.7 Å². The van der Waals surface area contributed by atoms with E-state index in [-0.39, 0.29) is 12.0 Å². The summed E-state index contributed by atoms with van der Waals surface area (Å²) in [5, 5.41) is 0. The molecule has 0 saturated carbocycles. The van der Waals surface area contributed by atoms with Crippen LogP contribution in [-0.4, -0.2) is 50.3 Å². The fourth-order valence-electron chi connectivity index (χ4n) is 4.06. The predicted octanol–water partition coefficient (Wildman–Crippen LogP) is 2.83. The number of carbonyl (C=O) groups excluding carboxylic acids is 1. The molecular formula is C20H29NO3. The molecule has 24 heavy (non-hydrogen) atoms. The van der Waals surface area contributed by atoms with Crippen molar-refractivity contribution in [3.8, 4) is 0 Å². The molecule has 3 rings (SSSR count). The summed E-state index contributed by atoms with van der Waals surface area (Å²) in [6.45, 7) is 5.19. The average molecular weight is 331 g/mol. The minimum Gasteiger partial charge on any atom is -0.381 e. The van der Waals surface area contributed by atoms with Gasteiger partial charge in [-0.15, -0.1) is 0 Å². The van der Waals surface area contributed by atoms with E-state index in [0.29, 0.717) is 11.8 Å². The Labute approximate surface area is 145 Å². The van der Waals surface area contributed by atoms with Crippen LogP contribution < -0.4 is 0 Å². The van der Waals surface area contributed by atoms with Crippen LogP contribution in [0.25, 0.3) is 0 Å². The molecule has 2 saturated heterocycles. The predicted molar refractivity (Wildman–Crippen MR) is 93.9 cm³/mol. The molecule has 2 fully saturated rings. The second-order valence-corrected chi connectivity index (χ2v) is 7.19. The maximum Gasteiger partial charge on any atom is 0.225 e. The highest BCUT2D eigenvalue weighted by molar-refractivity contribution is 5.79. The molecule has 4 nitrogen and oxygen atoms in total. The Kier molecular flexibility index (Phi) is 5.90. The first-order valence-electron chi connectivity index (χ1n) is 9.12. The molecular weight excluding hydrogens is 302 g/mol. The lowest BCUT2D eigenvalue weighted by atomic mass is 9.87. The van der Waals surface area contributed by atoms with E-state index in [4.69, 9.17) is 9.47 Å². The number of hydrogen-bond acceptors (Lipinski definition) is 3. The number of nitrogens with zero attached hydrogens (tertiary/aromatic N) is 1. The van der Waals surface area contributed by atoms with E-state index in [1.54, 1.807) is 7.11 Å². The van der Waals surface area contributed by atoms with Gasteiger partial charge in [-0.25, -0.2) is 0 Å². The Balaban J connectivity index is 1.66. The SMILES string of the molecule is CO[C@@H]1CCN(C(=O)C2CCOCC2)C[C@H]1Cc1cccc(C)c1. The number of methoxy groups -OCH3 is 1. The molecule has 0 radical (unpaired) electrons. The molecule has 2 heterocycles. The maximum atomic E-state index is 12.8. The Morgan fingerprint density at radius 3 is 2.79 bits per heavy atom. The molecule has 0 aliphatic carbocycles. The summed E-state index contributed by atoms with van der Waals surface area (Å²) in [5.74, 6) is 0.842. The first-order chi connectivity index (χ1) is 11.7. The van der Waals surface area contributed by atoms with Crippen molar-refractivity contribution in [3.63, 3.8) is 0 Å². The Morgan fingerprint density at radius 1 is 1.29 bits per heavy atom. The van der Waals surface area contributed by atoms with Gasteiger partial charge < -0.3 is 14.4 Å². The molecule has 1 aromatic carbocycles. The molecule has 1 amide bonds. The summed E-state index contributed by atoms with van der Waals surface area (Å²) in [5.41, 5.74) is 2.62. The Hall–Kier alpha value is -1.39. The Bertz CT molecular complexity index is 554. The number of likely N-dealkylation sites (tertiary alicyclic amines) is 1. The van der Waals surface area contributed by atoms with Gasteiger partial charge in [-0.05, 0) is 38.2 Å². The van der Waals surface area contributed by atoms with Crippen molar-refractivity contribution in [1.29, 1.82) is 0 Å². The normalized spacial score (nSPS) is 25.7. The summed E-state index contributed by atoms with van der Waals surface area (Å²) in [7, 11) is 1.80. The van der Waals surface area contributed by atoms with Gasteiger partial charge >= 0.3 is 0 Å². The van der Waals surface area contributed by atoms with Crippen molar-refractivity contribution in [1.82, 2.24) is 4.90 Å². The summed E-state index contributed by atoms with van der Waals surface area (Å²) < 4.78 is 11.1. The summed E-state index contributed by atoms with van der Waals surface area (Å²) in [4.78, 5) is 14.9. The lowest BCUT2D eigenvalue weighted by Gasteiger charge is -2.40. The second-order valence-electron chi connectivity index (χ2n) is 7.19. The van der Waals surface area contributed by atoms with Gasteiger partial charge in [0, 0.05) is 45.2 Å². The number of hydrogen-bond donors (Lipinski definition) is 0. The van der Waals surface area contributed by atoms with Gasteiger partial charge in [0.15, 0.2) is 0 Å². The van der Waals surface area contributed by atoms with Gasteiger partial charge in [-0.2, -0.15) is 0 Å². The number of carbonyl (C=O) groups is 1. The zero-order valence-corrected chi connectivity index (χ0v) is 14.9. The molecule has 0 bridgehead atoms. The smallest absolute Gasteiger partial charge is 0.225 e. The standard InChI is InChI=1S/C20H29NO3/c1-15-4-3-5-16(12-15)13-18-14-21(9-6-19(18)23-2)20(22)17-7-10-24-11-8-17/h3-5,12,17-19H,6-11,13-14H2,1-2H3/t18-,19-/m1/s1. The van der Waals surface area contributed by atoms with E-state index >= 15 is 0 Å². The second kappa shape index (κ2) is 8.13. The summed E-state index contributed by atoms with van der Waals surface area (Å²) in [6, 6.07) is 8.66. The van der Waals surface area contributed by atoms with Crippen LogP contribution in [0.15, 0.2) is 24.3 Å². The van der Waals surface area contributed by atoms with Gasteiger partial charge in [0.2, 0.25) is 5.91 Å². The number of benzene rings is 1. The zero-order chi connectivity index (χ0) is 16.9. The summed E-state index contributed by atoms with van der Waals surface area (Å²) in [6.07, 6.45) is 3.88. The van der Waals surface area contributed by atoms with Crippen molar-refractivity contribution in [2.45, 2.75) is 38.7 Å². The van der Waals surface area contributed by atoms with E-state index in [2.05, 4.69) is 36.1 Å². The van der Waals surface area contributed by atoms with Crippen molar-refractivity contribution < 1.29 is 14.3 Å². The molecule has 0 unspecified atom stereocenters. The lowest BCUT2D eigenvalue weighted by Crippen LogP contribution is -2.49. The van der Waals surface area contributed by atoms with Crippen molar-refractivity contribution in [2.75, 3.05) is 33.4 Å². The third-order valence-electron chi connectivity index (χ3n) is 5.43. The van der Waals surface area contributed by atoms with E-state index in [0.717, 1.165) is 52.0 Å². The first-order valence-corrected chi connectivity index (χ1v) is 9.12. The lowest BCUT2D eigenvalue weighted by molar-refractivity contribution is -0.142. The van der Waals surface area contributed by atoms with Crippen LogP contribution in [0.4, 0.5) is 0 Å². The van der Waals surface area contributed by atoms with Crippen LogP contribution in [0.3, 0.4) is 0 Å². The fourth-order valence-corrected chi connectivity index (χ4v) is 4.06. The van der Waals surface area contributed by atoms with Crippen LogP contribution in [0.5, 0.6) is 0 Å². The molecule has 1 aromatic rings. The Morgan fingerprint density at radius 2 is 2.08 bits per heavy atom. The van der Waals surface area contributed by atoms with Crippen LogP contribution in [0, 0.1) is 18.8 Å². The van der Waals surface area contributed by atoms with Crippen molar-refractivity contribution in [3.05, 3.63) is 35.4 Å². The molecule has 2 aliphatic rings. The molecule has 0 aromatic heterocycles. The number of rotatable bonds is 4. The van der Waals surface area contributed by atoms with Gasteiger partial charge in [-0.3, -0.25) is 4.79 Å². The van der Waals surface area contributed by atoms with Gasteiger partial charge in [0.05, 0.1) is 6.10 Å². The highest BCUT2D eigenvalue weighted by Gasteiger charge is 2.34. The van der Waals surface area contributed by atoms with Gasteiger partial charge in [-0.1, -0.05) is 29.8 Å². The van der Waals surface area contributed by atoms with Crippen LogP contribution in [0.1, 0.15) is 30.4 Å². The molecule has 0 N–H and O–H groups in total. The highest BCUT2D eigenvalue weighted by Crippen LogP contribution is 2.27. The average Bonchev–Trinajstić information content (AvgIpc) is 2.62. The van der Waals surface area contributed by atoms with E-state index in [9.17, 15) is 4.79 Å². The van der Waals surface area contributed by atoms with E-state index in [1.807, 2.05) is 0 Å². The monoisotopic (exact) mass is 331 g/mol. The largest absolute Gasteiger partial charge is 0.381 e. The minimum absolute atomic E-state index is 0.150. The molecule has 132 valence electrons. The topological polar surface area (TPSA) is 38.8 Å². The van der Waals surface area contributed by atoms with Crippen molar-refractivity contribution >= 4 is 5.91 Å². The molecule has 2 atom stereocenters. The number of piperidine rings is 1. The molecule has 0 spiro atoms. The fraction of sp³-hybridized carbons (Fsp3) is 0.650. The molecule has 4 heteroatoms.